The number of hydrogen-bond donors (Lipinski definition) is 1. The van der Waals surface area contributed by atoms with E-state index in [0.29, 0.717) is 5.92 Å². The van der Waals surface area contributed by atoms with E-state index in [1.54, 1.807) is 0 Å². The highest BCUT2D eigenvalue weighted by molar-refractivity contribution is 5.28. The van der Waals surface area contributed by atoms with Crippen LogP contribution in [-0.2, 0) is 6.54 Å². The second kappa shape index (κ2) is 8.13. The molecule has 0 aromatic heterocycles. The average Bonchev–Trinajstić information content (AvgIpc) is 2.44. The summed E-state index contributed by atoms with van der Waals surface area (Å²) < 4.78 is 5.82. The van der Waals surface area contributed by atoms with Crippen molar-refractivity contribution in [1.29, 1.82) is 0 Å². The highest BCUT2D eigenvalue weighted by Gasteiger charge is 2.33. The standard InChI is InChI=1S/C19H32N2O2/c1-16(2)13-23-18-8-5-7-17(11-18)12-21-10-6-9-19(22,15-21)14-20(3)4/h5,7-8,11,16,22H,6,9-10,12-15H2,1-4H3/t19-/m0/s1. The third kappa shape index (κ3) is 6.13. The molecular weight excluding hydrogens is 288 g/mol. The van der Waals surface area contributed by atoms with Crippen LogP contribution in [0.25, 0.3) is 0 Å². The van der Waals surface area contributed by atoms with Gasteiger partial charge < -0.3 is 14.7 Å². The van der Waals surface area contributed by atoms with Crippen molar-refractivity contribution in [2.75, 3.05) is 40.3 Å². The molecule has 23 heavy (non-hydrogen) atoms. The van der Waals surface area contributed by atoms with Crippen molar-refractivity contribution >= 4 is 0 Å². The van der Waals surface area contributed by atoms with E-state index >= 15 is 0 Å². The molecule has 0 unspecified atom stereocenters. The predicted molar refractivity (Wildman–Crippen MR) is 94.8 cm³/mol. The minimum absolute atomic E-state index is 0.529. The lowest BCUT2D eigenvalue weighted by Crippen LogP contribution is -2.52. The van der Waals surface area contributed by atoms with Crippen molar-refractivity contribution < 1.29 is 9.84 Å². The fourth-order valence-corrected chi connectivity index (χ4v) is 3.31. The van der Waals surface area contributed by atoms with Crippen LogP contribution in [0.1, 0.15) is 32.3 Å². The number of β-amino-alcohol motifs (C(OH)–C–C–N with tert-alkyl or cyclic N) is 1. The Balaban J connectivity index is 1.94. The van der Waals surface area contributed by atoms with Crippen molar-refractivity contribution in [1.82, 2.24) is 9.80 Å². The highest BCUT2D eigenvalue weighted by atomic mass is 16.5. The largest absolute Gasteiger partial charge is 0.493 e. The summed E-state index contributed by atoms with van der Waals surface area (Å²) in [5.74, 6) is 1.47. The molecule has 0 saturated carbocycles. The zero-order chi connectivity index (χ0) is 16.9. The Labute approximate surface area is 141 Å². The molecule has 1 aromatic rings. The maximum Gasteiger partial charge on any atom is 0.119 e. The number of likely N-dealkylation sites (N-methyl/N-ethyl adjacent to an activating group) is 1. The van der Waals surface area contributed by atoms with Gasteiger partial charge in [-0.2, -0.15) is 0 Å². The quantitative estimate of drug-likeness (QED) is 0.838. The van der Waals surface area contributed by atoms with Gasteiger partial charge >= 0.3 is 0 Å². The van der Waals surface area contributed by atoms with E-state index in [4.69, 9.17) is 4.74 Å². The Morgan fingerprint density at radius 3 is 2.83 bits per heavy atom. The normalized spacial score (nSPS) is 22.7. The van der Waals surface area contributed by atoms with E-state index in [9.17, 15) is 5.11 Å². The fourth-order valence-electron chi connectivity index (χ4n) is 3.31. The summed E-state index contributed by atoms with van der Waals surface area (Å²) in [6.45, 7) is 8.44. The summed E-state index contributed by atoms with van der Waals surface area (Å²) in [6, 6.07) is 8.34. The Morgan fingerprint density at radius 1 is 1.35 bits per heavy atom. The van der Waals surface area contributed by atoms with Gasteiger partial charge in [-0.25, -0.2) is 0 Å². The number of rotatable bonds is 7. The number of piperidine rings is 1. The SMILES string of the molecule is CC(C)COc1cccc(CN2CCC[C@](O)(CN(C)C)C2)c1. The number of hydrogen-bond acceptors (Lipinski definition) is 4. The summed E-state index contributed by atoms with van der Waals surface area (Å²) in [4.78, 5) is 4.43. The molecule has 2 rings (SSSR count). The van der Waals surface area contributed by atoms with Gasteiger partial charge in [0.05, 0.1) is 12.2 Å². The predicted octanol–water partition coefficient (Wildman–Crippen LogP) is 2.61. The summed E-state index contributed by atoms with van der Waals surface area (Å²) in [5.41, 5.74) is 0.661. The van der Waals surface area contributed by atoms with Crippen LogP contribution in [0.2, 0.25) is 0 Å². The molecule has 1 heterocycles. The molecular formula is C19H32N2O2. The second-order valence-corrected chi connectivity index (χ2v) is 7.63. The van der Waals surface area contributed by atoms with Crippen molar-refractivity contribution in [3.8, 4) is 5.75 Å². The van der Waals surface area contributed by atoms with Crippen molar-refractivity contribution in [3.05, 3.63) is 29.8 Å². The van der Waals surface area contributed by atoms with Crippen LogP contribution in [0.15, 0.2) is 24.3 Å². The van der Waals surface area contributed by atoms with E-state index in [0.717, 1.165) is 51.4 Å². The molecule has 1 aliphatic heterocycles. The zero-order valence-electron chi connectivity index (χ0n) is 15.1. The first-order valence-corrected chi connectivity index (χ1v) is 8.67. The van der Waals surface area contributed by atoms with Crippen LogP contribution < -0.4 is 4.74 Å². The lowest BCUT2D eigenvalue weighted by atomic mass is 9.92. The molecule has 1 fully saturated rings. The third-order valence-electron chi connectivity index (χ3n) is 4.13. The Kier molecular flexibility index (Phi) is 6.45. The molecule has 1 N–H and O–H groups in total. The molecule has 130 valence electrons. The molecule has 0 radical (unpaired) electrons. The van der Waals surface area contributed by atoms with Crippen molar-refractivity contribution in [3.63, 3.8) is 0 Å². The second-order valence-electron chi connectivity index (χ2n) is 7.63. The zero-order valence-corrected chi connectivity index (χ0v) is 15.1. The topological polar surface area (TPSA) is 35.9 Å². The molecule has 1 aromatic carbocycles. The molecule has 0 spiro atoms. The molecule has 1 atom stereocenters. The summed E-state index contributed by atoms with van der Waals surface area (Å²) in [7, 11) is 4.04. The molecule has 1 saturated heterocycles. The number of nitrogens with zero attached hydrogens (tertiary/aromatic N) is 2. The van der Waals surface area contributed by atoms with Crippen LogP contribution in [-0.4, -0.2) is 60.8 Å². The van der Waals surface area contributed by atoms with Crippen LogP contribution in [0.5, 0.6) is 5.75 Å². The maximum atomic E-state index is 10.8. The molecule has 0 bridgehead atoms. The smallest absolute Gasteiger partial charge is 0.119 e. The van der Waals surface area contributed by atoms with Gasteiger partial charge in [0.25, 0.3) is 0 Å². The van der Waals surface area contributed by atoms with Crippen molar-refractivity contribution in [2.45, 2.75) is 38.8 Å². The van der Waals surface area contributed by atoms with E-state index in [2.05, 4.69) is 41.8 Å². The van der Waals surface area contributed by atoms with E-state index in [1.807, 2.05) is 20.2 Å². The Morgan fingerprint density at radius 2 is 2.13 bits per heavy atom. The molecule has 0 amide bonds. The lowest BCUT2D eigenvalue weighted by Gasteiger charge is -2.40. The van der Waals surface area contributed by atoms with E-state index in [1.165, 1.54) is 5.56 Å². The minimum atomic E-state index is -0.590. The monoisotopic (exact) mass is 320 g/mol. The van der Waals surface area contributed by atoms with Gasteiger partial charge in [0.2, 0.25) is 0 Å². The highest BCUT2D eigenvalue weighted by Crippen LogP contribution is 2.24. The summed E-state index contributed by atoms with van der Waals surface area (Å²) in [6.07, 6.45) is 1.94. The number of ether oxygens (including phenoxy) is 1. The van der Waals surface area contributed by atoms with Gasteiger partial charge in [0, 0.05) is 19.6 Å². The van der Waals surface area contributed by atoms with Crippen LogP contribution >= 0.6 is 0 Å². The maximum absolute atomic E-state index is 10.8. The number of aliphatic hydroxyl groups is 1. The molecule has 0 aliphatic carbocycles. The molecule has 1 aliphatic rings. The Hall–Kier alpha value is -1.10. The van der Waals surface area contributed by atoms with E-state index in [-0.39, 0.29) is 0 Å². The van der Waals surface area contributed by atoms with Crippen LogP contribution in [0.4, 0.5) is 0 Å². The molecule has 4 nitrogen and oxygen atoms in total. The van der Waals surface area contributed by atoms with Gasteiger partial charge in [-0.05, 0) is 57.1 Å². The van der Waals surface area contributed by atoms with Gasteiger partial charge in [0.15, 0.2) is 0 Å². The van der Waals surface area contributed by atoms with E-state index < -0.39 is 5.60 Å². The average molecular weight is 320 g/mol. The first-order valence-electron chi connectivity index (χ1n) is 8.67. The minimum Gasteiger partial charge on any atom is -0.493 e. The first kappa shape index (κ1) is 18.2. The third-order valence-corrected chi connectivity index (χ3v) is 4.13. The van der Waals surface area contributed by atoms with Gasteiger partial charge in [-0.15, -0.1) is 0 Å². The van der Waals surface area contributed by atoms with Crippen LogP contribution in [0, 0.1) is 5.92 Å². The first-order chi connectivity index (χ1) is 10.9. The van der Waals surface area contributed by atoms with Gasteiger partial charge in [-0.1, -0.05) is 26.0 Å². The summed E-state index contributed by atoms with van der Waals surface area (Å²) in [5, 5.41) is 10.8. The van der Waals surface area contributed by atoms with Gasteiger partial charge in [-0.3, -0.25) is 4.90 Å². The fraction of sp³-hybridized carbons (Fsp3) is 0.684. The molecule has 4 heteroatoms. The summed E-state index contributed by atoms with van der Waals surface area (Å²) >= 11 is 0. The van der Waals surface area contributed by atoms with Crippen molar-refractivity contribution in [2.24, 2.45) is 5.92 Å². The van der Waals surface area contributed by atoms with Gasteiger partial charge in [0.1, 0.15) is 5.75 Å². The number of benzene rings is 1. The number of likely N-dealkylation sites (tertiary alicyclic amines) is 1. The van der Waals surface area contributed by atoms with Crippen LogP contribution in [0.3, 0.4) is 0 Å². The Bertz CT molecular complexity index is 490. The lowest BCUT2D eigenvalue weighted by molar-refractivity contribution is -0.0480.